The summed E-state index contributed by atoms with van der Waals surface area (Å²) in [6.45, 7) is 7.65. The molecule has 1 fully saturated rings. The number of likely N-dealkylation sites (N-methyl/N-ethyl adjacent to an activating group) is 1. The van der Waals surface area contributed by atoms with Crippen molar-refractivity contribution in [3.8, 4) is 0 Å². The molecule has 13 heteroatoms. The molecule has 3 amide bonds. The zero-order valence-electron chi connectivity index (χ0n) is 28.1. The number of amides is 3. The Morgan fingerprint density at radius 2 is 1.72 bits per heavy atom. The number of nitrogens with one attached hydrogen (secondary N) is 3. The van der Waals surface area contributed by atoms with Crippen LogP contribution in [0, 0.1) is 11.8 Å². The summed E-state index contributed by atoms with van der Waals surface area (Å²) >= 11 is 0. The third-order valence-electron chi connectivity index (χ3n) is 7.63. The molecule has 1 saturated carbocycles. The lowest BCUT2D eigenvalue weighted by Gasteiger charge is -2.26. The topological polar surface area (TPSA) is 175 Å². The third kappa shape index (κ3) is 16.5. The van der Waals surface area contributed by atoms with E-state index in [1.807, 2.05) is 30.3 Å². The average molecular weight is 644 g/mol. The molecule has 0 heterocycles. The van der Waals surface area contributed by atoms with Crippen molar-refractivity contribution >= 4 is 23.9 Å². The van der Waals surface area contributed by atoms with Crippen LogP contribution in [0.15, 0.2) is 35.4 Å². The molecule has 0 saturated heterocycles. The summed E-state index contributed by atoms with van der Waals surface area (Å²) in [5.74, 6) is -1.36. The first kappa shape index (κ1) is 38.4. The highest BCUT2D eigenvalue weighted by molar-refractivity contribution is 5.86. The Labute approximate surface area is 273 Å². The second-order valence-electron chi connectivity index (χ2n) is 13.0. The van der Waals surface area contributed by atoms with E-state index in [9.17, 15) is 19.2 Å². The number of esters is 1. The number of hydrogen-bond acceptors (Lipinski definition) is 8. The number of alkyl carbamates (subject to hydrolysis) is 1. The van der Waals surface area contributed by atoms with Gasteiger partial charge in [-0.05, 0) is 56.5 Å². The van der Waals surface area contributed by atoms with Crippen molar-refractivity contribution in [3.63, 3.8) is 0 Å². The number of unbranched alkanes of at least 4 members (excludes halogenated alkanes) is 6. The first-order valence-electron chi connectivity index (χ1n) is 16.4. The number of azide groups is 1. The first-order chi connectivity index (χ1) is 21.9. The van der Waals surface area contributed by atoms with E-state index < -0.39 is 41.6 Å². The fourth-order valence-electron chi connectivity index (χ4n) is 5.21. The molecule has 0 spiro atoms. The van der Waals surface area contributed by atoms with Crippen LogP contribution >= 0.6 is 0 Å². The van der Waals surface area contributed by atoms with E-state index in [-0.39, 0.29) is 38.0 Å². The fraction of sp³-hybridized carbons (Fsp3) is 0.697. The maximum Gasteiger partial charge on any atom is 0.408 e. The van der Waals surface area contributed by atoms with E-state index in [4.69, 9.17) is 15.0 Å². The predicted molar refractivity (Wildman–Crippen MR) is 175 cm³/mol. The Morgan fingerprint density at radius 1 is 1.04 bits per heavy atom. The van der Waals surface area contributed by atoms with E-state index in [0.29, 0.717) is 12.8 Å². The minimum absolute atomic E-state index is 0.0279. The summed E-state index contributed by atoms with van der Waals surface area (Å²) in [5.41, 5.74) is 11.6. The molecule has 1 aliphatic carbocycles. The van der Waals surface area contributed by atoms with Gasteiger partial charge in [0.05, 0.1) is 0 Å². The van der Waals surface area contributed by atoms with E-state index in [1.54, 1.807) is 27.8 Å². The molecular weight excluding hydrogens is 590 g/mol. The van der Waals surface area contributed by atoms with Gasteiger partial charge in [-0.1, -0.05) is 87.3 Å². The second-order valence-corrected chi connectivity index (χ2v) is 13.0. The molecule has 1 aliphatic rings. The Morgan fingerprint density at radius 3 is 2.37 bits per heavy atom. The van der Waals surface area contributed by atoms with Gasteiger partial charge in [0.25, 0.3) is 0 Å². The van der Waals surface area contributed by atoms with Crippen molar-refractivity contribution < 1.29 is 28.7 Å². The molecular formula is C33H53N7O6. The van der Waals surface area contributed by atoms with Gasteiger partial charge in [0, 0.05) is 31.0 Å². The van der Waals surface area contributed by atoms with Crippen LogP contribution in [-0.2, 0) is 30.5 Å². The number of hydrogen-bond donors (Lipinski definition) is 3. The maximum atomic E-state index is 13.6. The van der Waals surface area contributed by atoms with Crippen molar-refractivity contribution in [3.05, 3.63) is 46.3 Å². The largest absolute Gasteiger partial charge is 0.460 e. The predicted octanol–water partition coefficient (Wildman–Crippen LogP) is 5.55. The molecule has 0 aliphatic heterocycles. The Kier molecular flexibility index (Phi) is 16.9. The lowest BCUT2D eigenvalue weighted by Crippen LogP contribution is -2.52. The van der Waals surface area contributed by atoms with Crippen LogP contribution in [0.3, 0.4) is 0 Å². The number of carbonyl (C=O) groups is 4. The van der Waals surface area contributed by atoms with E-state index >= 15 is 0 Å². The van der Waals surface area contributed by atoms with Gasteiger partial charge in [0.2, 0.25) is 11.8 Å². The number of rotatable bonds is 21. The lowest BCUT2D eigenvalue weighted by atomic mass is 10.0. The molecule has 13 nitrogen and oxygen atoms in total. The van der Waals surface area contributed by atoms with Gasteiger partial charge in [0.15, 0.2) is 0 Å². The standard InChI is InChI=1S/C33H53N7O6/c1-6-7-8-9-10-11-15-18-27(37-32(44)46-33(2,3)4)31(43)36-28(26-19-25(26)21-35-39-34)20-29(41)38-40(5)22-30(42)45-23-24-16-13-12-14-17-24/h12-14,16-17,25-28H,6-11,15,18-23H2,1-5H3,(H,36,43)(H,37,44)(H,38,41)/t25-,26-,27-,28+/m0/s1. The van der Waals surface area contributed by atoms with Crippen LogP contribution in [0.4, 0.5) is 4.79 Å². The molecule has 46 heavy (non-hydrogen) atoms. The van der Waals surface area contributed by atoms with Crippen LogP contribution in [0.25, 0.3) is 10.4 Å². The van der Waals surface area contributed by atoms with Gasteiger partial charge >= 0.3 is 12.1 Å². The van der Waals surface area contributed by atoms with Crippen molar-refractivity contribution in [1.29, 1.82) is 0 Å². The molecule has 4 atom stereocenters. The number of ether oxygens (including phenoxy) is 2. The minimum Gasteiger partial charge on any atom is -0.460 e. The summed E-state index contributed by atoms with van der Waals surface area (Å²) in [6.07, 6.45) is 7.80. The fourth-order valence-corrected chi connectivity index (χ4v) is 5.21. The van der Waals surface area contributed by atoms with Gasteiger partial charge in [-0.3, -0.25) is 19.8 Å². The first-order valence-corrected chi connectivity index (χ1v) is 16.4. The normalized spacial score (nSPS) is 16.8. The molecule has 0 radical (unpaired) electrons. The van der Waals surface area contributed by atoms with Crippen molar-refractivity contribution in [1.82, 2.24) is 21.1 Å². The van der Waals surface area contributed by atoms with Crippen LogP contribution in [0.2, 0.25) is 0 Å². The van der Waals surface area contributed by atoms with Gasteiger partial charge in [-0.2, -0.15) is 0 Å². The molecule has 1 aromatic carbocycles. The van der Waals surface area contributed by atoms with E-state index in [0.717, 1.165) is 31.2 Å². The molecule has 0 aromatic heterocycles. The van der Waals surface area contributed by atoms with Crippen LogP contribution in [0.5, 0.6) is 0 Å². The number of carbonyl (C=O) groups excluding carboxylic acids is 4. The summed E-state index contributed by atoms with van der Waals surface area (Å²) < 4.78 is 10.7. The monoisotopic (exact) mass is 643 g/mol. The number of hydrazine groups is 1. The Hall–Kier alpha value is -3.83. The van der Waals surface area contributed by atoms with Crippen LogP contribution in [0.1, 0.15) is 97.5 Å². The summed E-state index contributed by atoms with van der Waals surface area (Å²) in [4.78, 5) is 54.4. The van der Waals surface area contributed by atoms with Crippen molar-refractivity contribution in [2.75, 3.05) is 20.1 Å². The van der Waals surface area contributed by atoms with Gasteiger partial charge in [-0.15, -0.1) is 0 Å². The van der Waals surface area contributed by atoms with Gasteiger partial charge in [0.1, 0.15) is 24.8 Å². The van der Waals surface area contributed by atoms with Crippen molar-refractivity contribution in [2.45, 2.75) is 116 Å². The van der Waals surface area contributed by atoms with Gasteiger partial charge in [-0.25, -0.2) is 9.80 Å². The van der Waals surface area contributed by atoms with Crippen LogP contribution < -0.4 is 16.1 Å². The number of benzene rings is 1. The van der Waals surface area contributed by atoms with E-state index in [2.05, 4.69) is 33.0 Å². The molecule has 0 unspecified atom stereocenters. The Bertz CT molecular complexity index is 1150. The zero-order valence-corrected chi connectivity index (χ0v) is 28.1. The third-order valence-corrected chi connectivity index (χ3v) is 7.63. The number of nitrogens with zero attached hydrogens (tertiary/aromatic N) is 4. The smallest absolute Gasteiger partial charge is 0.408 e. The van der Waals surface area contributed by atoms with Crippen LogP contribution in [-0.4, -0.2) is 66.7 Å². The van der Waals surface area contributed by atoms with E-state index in [1.165, 1.54) is 24.3 Å². The highest BCUT2D eigenvalue weighted by atomic mass is 16.6. The second kappa shape index (κ2) is 20.3. The molecule has 0 bridgehead atoms. The summed E-state index contributed by atoms with van der Waals surface area (Å²) in [5, 5.41) is 10.7. The zero-order chi connectivity index (χ0) is 34.0. The average Bonchev–Trinajstić information content (AvgIpc) is 3.76. The molecule has 256 valence electrons. The highest BCUT2D eigenvalue weighted by Gasteiger charge is 2.44. The Balaban J connectivity index is 2.00. The highest BCUT2D eigenvalue weighted by Crippen LogP contribution is 2.42. The lowest BCUT2D eigenvalue weighted by molar-refractivity contribution is -0.147. The molecule has 2 rings (SSSR count). The minimum atomic E-state index is -0.840. The van der Waals surface area contributed by atoms with Crippen molar-refractivity contribution in [2.24, 2.45) is 17.0 Å². The molecule has 3 N–H and O–H groups in total. The summed E-state index contributed by atoms with van der Waals surface area (Å²) in [6, 6.07) is 7.87. The SMILES string of the molecule is CCCCCCCCC[C@H](NC(=O)OC(C)(C)C)C(=O)N[C@H](CC(=O)NN(C)CC(=O)OCc1ccccc1)[C@H]1C[C@H]1CN=[N+]=[N-]. The quantitative estimate of drug-likeness (QED) is 0.0393. The summed E-state index contributed by atoms with van der Waals surface area (Å²) in [7, 11) is 1.56. The maximum absolute atomic E-state index is 13.6. The van der Waals surface area contributed by atoms with Gasteiger partial charge < -0.3 is 20.1 Å². The molecule has 1 aromatic rings.